The van der Waals surface area contributed by atoms with E-state index in [9.17, 15) is 4.79 Å². The number of carbonyl (C=O) groups is 1. The highest BCUT2D eigenvalue weighted by molar-refractivity contribution is 5.74. The molecule has 0 fully saturated rings. The molecule has 0 aliphatic rings. The summed E-state index contributed by atoms with van der Waals surface area (Å²) in [6.45, 7) is 3.54. The number of hydrogen-bond acceptors (Lipinski definition) is 1. The quantitative estimate of drug-likeness (QED) is 0.553. The Balaban J connectivity index is 4.08. The van der Waals surface area contributed by atoms with Crippen LogP contribution >= 0.6 is 0 Å². The molecule has 0 atom stereocenters. The van der Waals surface area contributed by atoms with Crippen LogP contribution in [0.5, 0.6) is 0 Å². The molecule has 0 rings (SSSR count). The lowest BCUT2D eigenvalue weighted by Crippen LogP contribution is -2.46. The number of urea groups is 1. The van der Waals surface area contributed by atoms with Crippen LogP contribution in [0.15, 0.2) is 0 Å². The smallest absolute Gasteiger partial charge is 0.318 e. The normalized spacial score (nSPS) is 10.1. The Bertz CT molecular complexity index is 189. The molecule has 0 aromatic rings. The highest BCUT2D eigenvalue weighted by Gasteiger charge is 2.17. The fraction of sp³-hybridized carbons (Fsp3) is 0.625. The molecule has 0 aliphatic carbocycles. The number of hydrogen-bond donors (Lipinski definition) is 1. The van der Waals surface area contributed by atoms with E-state index >= 15 is 0 Å². The van der Waals surface area contributed by atoms with Crippen molar-refractivity contribution in [2.75, 3.05) is 14.1 Å². The standard InChI is InChI=1S/C8H14N2O/c1-6-8(2,3)9-7(11)10(4)5/h1H,2-5H3,(H,9,11). The molecule has 0 saturated heterocycles. The van der Waals surface area contributed by atoms with Crippen molar-refractivity contribution in [2.45, 2.75) is 19.4 Å². The van der Waals surface area contributed by atoms with E-state index < -0.39 is 5.54 Å². The number of terminal acetylenes is 1. The van der Waals surface area contributed by atoms with Crippen LogP contribution in [0.2, 0.25) is 0 Å². The summed E-state index contributed by atoms with van der Waals surface area (Å²) in [5.41, 5.74) is -0.568. The summed E-state index contributed by atoms with van der Waals surface area (Å²) in [5, 5.41) is 2.66. The Morgan fingerprint density at radius 1 is 1.55 bits per heavy atom. The molecule has 0 aromatic carbocycles. The van der Waals surface area contributed by atoms with Crippen molar-refractivity contribution in [1.29, 1.82) is 0 Å². The maximum atomic E-state index is 11.0. The van der Waals surface area contributed by atoms with E-state index in [2.05, 4.69) is 11.2 Å². The topological polar surface area (TPSA) is 32.3 Å². The third-order valence-electron chi connectivity index (χ3n) is 1.19. The van der Waals surface area contributed by atoms with Gasteiger partial charge in [0, 0.05) is 14.1 Å². The minimum atomic E-state index is -0.568. The molecule has 0 aliphatic heterocycles. The summed E-state index contributed by atoms with van der Waals surface area (Å²) in [4.78, 5) is 12.5. The number of carbonyl (C=O) groups excluding carboxylic acids is 1. The van der Waals surface area contributed by atoms with Gasteiger partial charge in [0.15, 0.2) is 0 Å². The van der Waals surface area contributed by atoms with Crippen molar-refractivity contribution in [3.05, 3.63) is 0 Å². The molecule has 0 heterocycles. The zero-order valence-corrected chi connectivity index (χ0v) is 7.43. The summed E-state index contributed by atoms with van der Waals surface area (Å²) < 4.78 is 0. The summed E-state index contributed by atoms with van der Waals surface area (Å²) >= 11 is 0. The van der Waals surface area contributed by atoms with Crippen molar-refractivity contribution in [3.8, 4) is 12.3 Å². The van der Waals surface area contributed by atoms with Gasteiger partial charge >= 0.3 is 6.03 Å². The minimum Gasteiger partial charge on any atom is -0.331 e. The third-order valence-corrected chi connectivity index (χ3v) is 1.19. The van der Waals surface area contributed by atoms with E-state index in [4.69, 9.17) is 6.42 Å². The van der Waals surface area contributed by atoms with Gasteiger partial charge in [0.25, 0.3) is 0 Å². The average molecular weight is 154 g/mol. The second-order valence-corrected chi connectivity index (χ2v) is 3.09. The molecule has 0 aromatic heterocycles. The molecule has 3 heteroatoms. The molecular formula is C8H14N2O. The van der Waals surface area contributed by atoms with Gasteiger partial charge in [0.05, 0.1) is 5.54 Å². The molecule has 1 N–H and O–H groups in total. The molecule has 2 amide bonds. The van der Waals surface area contributed by atoms with Crippen LogP contribution in [0.3, 0.4) is 0 Å². The highest BCUT2D eigenvalue weighted by atomic mass is 16.2. The van der Waals surface area contributed by atoms with E-state index in [0.717, 1.165) is 0 Å². The van der Waals surface area contributed by atoms with Crippen LogP contribution in [0.1, 0.15) is 13.8 Å². The Hall–Kier alpha value is -1.17. The van der Waals surface area contributed by atoms with Gasteiger partial charge in [0.1, 0.15) is 0 Å². The Morgan fingerprint density at radius 2 is 2.00 bits per heavy atom. The van der Waals surface area contributed by atoms with E-state index in [-0.39, 0.29) is 6.03 Å². The molecular weight excluding hydrogens is 140 g/mol. The molecule has 3 nitrogen and oxygen atoms in total. The van der Waals surface area contributed by atoms with Gasteiger partial charge in [0.2, 0.25) is 0 Å². The first kappa shape index (κ1) is 9.83. The number of rotatable bonds is 1. The second-order valence-electron chi connectivity index (χ2n) is 3.09. The lowest BCUT2D eigenvalue weighted by molar-refractivity contribution is 0.211. The van der Waals surface area contributed by atoms with Gasteiger partial charge in [-0.25, -0.2) is 4.79 Å². The molecule has 0 bridgehead atoms. The lowest BCUT2D eigenvalue weighted by atomic mass is 10.1. The number of nitrogens with zero attached hydrogens (tertiary/aromatic N) is 1. The first-order chi connectivity index (χ1) is 4.89. The summed E-state index contributed by atoms with van der Waals surface area (Å²) in [5.74, 6) is 2.47. The number of amides is 2. The SMILES string of the molecule is C#CC(C)(C)NC(=O)N(C)C. The van der Waals surface area contributed by atoms with Gasteiger partial charge in [-0.15, -0.1) is 6.42 Å². The monoisotopic (exact) mass is 154 g/mol. The van der Waals surface area contributed by atoms with Crippen molar-refractivity contribution in [2.24, 2.45) is 0 Å². The fourth-order valence-electron chi connectivity index (χ4n) is 0.415. The van der Waals surface area contributed by atoms with Crippen LogP contribution in [-0.2, 0) is 0 Å². The summed E-state index contributed by atoms with van der Waals surface area (Å²) in [6, 6.07) is -0.173. The van der Waals surface area contributed by atoms with Crippen LogP contribution in [0, 0.1) is 12.3 Å². The fourth-order valence-corrected chi connectivity index (χ4v) is 0.415. The minimum absolute atomic E-state index is 0.173. The van der Waals surface area contributed by atoms with E-state index in [1.807, 2.05) is 0 Å². The van der Waals surface area contributed by atoms with Crippen LogP contribution in [-0.4, -0.2) is 30.6 Å². The predicted octanol–water partition coefficient (Wildman–Crippen LogP) is 0.669. The van der Waals surface area contributed by atoms with Gasteiger partial charge < -0.3 is 10.2 Å². The molecule has 62 valence electrons. The zero-order chi connectivity index (χ0) is 9.07. The van der Waals surface area contributed by atoms with Gasteiger partial charge in [-0.3, -0.25) is 0 Å². The zero-order valence-electron chi connectivity index (χ0n) is 7.43. The lowest BCUT2D eigenvalue weighted by Gasteiger charge is -2.22. The van der Waals surface area contributed by atoms with Gasteiger partial charge in [-0.05, 0) is 13.8 Å². The van der Waals surface area contributed by atoms with Gasteiger partial charge in [-0.2, -0.15) is 0 Å². The summed E-state index contributed by atoms with van der Waals surface area (Å²) in [7, 11) is 3.34. The van der Waals surface area contributed by atoms with Crippen LogP contribution in [0.4, 0.5) is 4.79 Å². The second kappa shape index (κ2) is 3.29. The van der Waals surface area contributed by atoms with E-state index in [0.29, 0.717) is 0 Å². The first-order valence-electron chi connectivity index (χ1n) is 3.36. The molecule has 0 radical (unpaired) electrons. The molecule has 0 spiro atoms. The van der Waals surface area contributed by atoms with Crippen LogP contribution in [0.25, 0.3) is 0 Å². The Labute approximate surface area is 67.8 Å². The average Bonchev–Trinajstić information content (AvgIpc) is 1.87. The van der Waals surface area contributed by atoms with Crippen molar-refractivity contribution >= 4 is 6.03 Å². The predicted molar refractivity (Wildman–Crippen MR) is 45.1 cm³/mol. The van der Waals surface area contributed by atoms with Crippen molar-refractivity contribution in [1.82, 2.24) is 10.2 Å². The molecule has 11 heavy (non-hydrogen) atoms. The summed E-state index contributed by atoms with van der Waals surface area (Å²) in [6.07, 6.45) is 5.17. The van der Waals surface area contributed by atoms with Crippen molar-refractivity contribution < 1.29 is 4.79 Å². The Morgan fingerprint density at radius 3 is 2.27 bits per heavy atom. The van der Waals surface area contributed by atoms with Crippen molar-refractivity contribution in [3.63, 3.8) is 0 Å². The highest BCUT2D eigenvalue weighted by Crippen LogP contribution is 1.98. The third kappa shape index (κ3) is 3.51. The van der Waals surface area contributed by atoms with Gasteiger partial charge in [-0.1, -0.05) is 5.92 Å². The maximum Gasteiger partial charge on any atom is 0.318 e. The molecule has 0 unspecified atom stereocenters. The van der Waals surface area contributed by atoms with E-state index in [1.165, 1.54) is 4.90 Å². The molecule has 0 saturated carbocycles. The first-order valence-corrected chi connectivity index (χ1v) is 3.36. The largest absolute Gasteiger partial charge is 0.331 e. The Kier molecular flexibility index (Phi) is 2.94. The maximum absolute atomic E-state index is 11.0. The number of nitrogens with one attached hydrogen (secondary N) is 1. The van der Waals surface area contributed by atoms with Crippen LogP contribution < -0.4 is 5.32 Å². The van der Waals surface area contributed by atoms with E-state index in [1.54, 1.807) is 27.9 Å².